The molecule has 3 heterocycles. The Balaban J connectivity index is 1.42. The van der Waals surface area contributed by atoms with E-state index in [1.807, 2.05) is 0 Å². The number of ether oxygens (including phenoxy) is 1. The first-order valence-corrected chi connectivity index (χ1v) is 10.0. The van der Waals surface area contributed by atoms with Crippen LogP contribution in [0.4, 0.5) is 16.4 Å². The van der Waals surface area contributed by atoms with Crippen molar-refractivity contribution < 1.29 is 17.9 Å². The van der Waals surface area contributed by atoms with E-state index in [4.69, 9.17) is 4.74 Å². The zero-order valence-electron chi connectivity index (χ0n) is 14.5. The molecular weight excluding hydrogens is 370 g/mol. The van der Waals surface area contributed by atoms with Crippen LogP contribution in [0.5, 0.6) is 0 Å². The molecule has 2 aliphatic rings. The second kappa shape index (κ2) is 6.78. The summed E-state index contributed by atoms with van der Waals surface area (Å²) < 4.78 is 33.0. The van der Waals surface area contributed by atoms with E-state index in [9.17, 15) is 13.2 Å². The molecule has 2 amide bonds. The lowest BCUT2D eigenvalue weighted by atomic mass is 9.91. The first kappa shape index (κ1) is 17.7. The van der Waals surface area contributed by atoms with Gasteiger partial charge in [-0.15, -0.1) is 0 Å². The molecule has 0 saturated carbocycles. The number of benzene rings is 1. The number of anilines is 2. The minimum absolute atomic E-state index is 0.00644. The summed E-state index contributed by atoms with van der Waals surface area (Å²) in [6.07, 6.45) is 4.87. The fraction of sp³-hybridized carbons (Fsp3) is 0.353. The van der Waals surface area contributed by atoms with Crippen molar-refractivity contribution in [1.29, 1.82) is 0 Å². The van der Waals surface area contributed by atoms with Gasteiger partial charge in [-0.3, -0.25) is 0 Å². The Morgan fingerprint density at radius 2 is 1.96 bits per heavy atom. The number of amides is 2. The monoisotopic (exact) mass is 389 g/mol. The zero-order chi connectivity index (χ0) is 18.9. The smallest absolute Gasteiger partial charge is 0.322 e. The number of aromatic nitrogens is 2. The minimum Gasteiger partial charge on any atom is -0.371 e. The van der Waals surface area contributed by atoms with Gasteiger partial charge in [-0.1, -0.05) is 6.07 Å². The highest BCUT2D eigenvalue weighted by atomic mass is 32.2. The summed E-state index contributed by atoms with van der Waals surface area (Å²) in [7, 11) is -3.86. The second-order valence-electron chi connectivity index (χ2n) is 6.63. The summed E-state index contributed by atoms with van der Waals surface area (Å²) in [6.45, 7) is 1.86. The fourth-order valence-corrected chi connectivity index (χ4v) is 4.28. The summed E-state index contributed by atoms with van der Waals surface area (Å²) in [5.74, 6) is -0.0191. The first-order chi connectivity index (χ1) is 13.0. The van der Waals surface area contributed by atoms with E-state index in [0.717, 1.165) is 19.4 Å². The summed E-state index contributed by atoms with van der Waals surface area (Å²) in [5.41, 5.74) is 0.215. The summed E-state index contributed by atoms with van der Waals surface area (Å²) in [5, 5.41) is 2.73. The molecule has 10 heteroatoms. The number of hydrogen-bond donors (Lipinski definition) is 2. The maximum Gasteiger partial charge on any atom is 0.322 e. The maximum absolute atomic E-state index is 12.5. The van der Waals surface area contributed by atoms with Gasteiger partial charge in [0.25, 0.3) is 10.0 Å². The van der Waals surface area contributed by atoms with E-state index in [-0.39, 0.29) is 22.5 Å². The van der Waals surface area contributed by atoms with Gasteiger partial charge in [0.2, 0.25) is 5.95 Å². The average molecular weight is 389 g/mol. The Morgan fingerprint density at radius 1 is 1.19 bits per heavy atom. The molecule has 0 bridgehead atoms. The Morgan fingerprint density at radius 3 is 2.67 bits per heavy atom. The molecule has 142 valence electrons. The van der Waals surface area contributed by atoms with Crippen molar-refractivity contribution in [2.24, 2.45) is 0 Å². The van der Waals surface area contributed by atoms with Crippen molar-refractivity contribution in [3.8, 4) is 0 Å². The van der Waals surface area contributed by atoms with Gasteiger partial charge in [-0.25, -0.2) is 27.9 Å². The number of rotatable bonds is 4. The molecule has 0 radical (unpaired) electrons. The minimum atomic E-state index is -3.86. The molecule has 9 nitrogen and oxygen atoms in total. The highest BCUT2D eigenvalue weighted by Gasteiger charge is 2.48. The van der Waals surface area contributed by atoms with Crippen LogP contribution in [-0.2, 0) is 14.8 Å². The van der Waals surface area contributed by atoms with Crippen molar-refractivity contribution in [2.45, 2.75) is 23.3 Å². The number of carbonyl (C=O) groups excluding carboxylic acids is 1. The van der Waals surface area contributed by atoms with Gasteiger partial charge < -0.3 is 15.0 Å². The summed E-state index contributed by atoms with van der Waals surface area (Å²) >= 11 is 0. The molecule has 0 atom stereocenters. The van der Waals surface area contributed by atoms with Gasteiger partial charge in [0, 0.05) is 24.7 Å². The van der Waals surface area contributed by atoms with Gasteiger partial charge in [0.05, 0.1) is 18.0 Å². The number of urea groups is 1. The molecule has 2 aliphatic heterocycles. The molecule has 0 aliphatic carbocycles. The second-order valence-corrected chi connectivity index (χ2v) is 8.31. The van der Waals surface area contributed by atoms with Crippen molar-refractivity contribution in [3.63, 3.8) is 0 Å². The Kier molecular flexibility index (Phi) is 4.44. The van der Waals surface area contributed by atoms with Gasteiger partial charge in [0.15, 0.2) is 0 Å². The quantitative estimate of drug-likeness (QED) is 0.822. The molecule has 2 N–H and O–H groups in total. The summed E-state index contributed by atoms with van der Waals surface area (Å²) in [6, 6.07) is 7.34. The molecule has 2 saturated heterocycles. The van der Waals surface area contributed by atoms with Crippen LogP contribution >= 0.6 is 0 Å². The molecule has 1 aromatic carbocycles. The molecule has 2 fully saturated rings. The van der Waals surface area contributed by atoms with Crippen LogP contribution in [-0.4, -0.2) is 54.6 Å². The number of carbonyl (C=O) groups is 1. The summed E-state index contributed by atoms with van der Waals surface area (Å²) in [4.78, 5) is 21.7. The predicted octanol–water partition coefficient (Wildman–Crippen LogP) is 1.67. The van der Waals surface area contributed by atoms with Crippen molar-refractivity contribution in [2.75, 3.05) is 29.7 Å². The van der Waals surface area contributed by atoms with E-state index in [1.54, 1.807) is 23.1 Å². The van der Waals surface area contributed by atoms with Crippen LogP contribution in [0.3, 0.4) is 0 Å². The largest absolute Gasteiger partial charge is 0.371 e. The fourth-order valence-electron chi connectivity index (χ4n) is 3.27. The number of hydrogen-bond acceptors (Lipinski definition) is 6. The van der Waals surface area contributed by atoms with Crippen molar-refractivity contribution in [3.05, 3.63) is 42.7 Å². The highest BCUT2D eigenvalue weighted by molar-refractivity contribution is 7.92. The van der Waals surface area contributed by atoms with E-state index in [0.29, 0.717) is 18.8 Å². The highest BCUT2D eigenvalue weighted by Crippen LogP contribution is 2.35. The number of likely N-dealkylation sites (tertiary alicyclic amines) is 1. The van der Waals surface area contributed by atoms with Crippen LogP contribution in [0.2, 0.25) is 0 Å². The first-order valence-electron chi connectivity index (χ1n) is 8.56. The zero-order valence-corrected chi connectivity index (χ0v) is 15.3. The van der Waals surface area contributed by atoms with Crippen molar-refractivity contribution >= 4 is 27.7 Å². The normalized spacial score (nSPS) is 18.1. The molecule has 1 aromatic heterocycles. The predicted molar refractivity (Wildman–Crippen MR) is 97.8 cm³/mol. The molecule has 2 aromatic rings. The third-order valence-electron chi connectivity index (χ3n) is 4.62. The average Bonchev–Trinajstić information content (AvgIpc) is 3.11. The van der Waals surface area contributed by atoms with Gasteiger partial charge in [-0.2, -0.15) is 0 Å². The van der Waals surface area contributed by atoms with Crippen LogP contribution in [0.1, 0.15) is 12.8 Å². The van der Waals surface area contributed by atoms with E-state index in [2.05, 4.69) is 20.0 Å². The standard InChI is InChI=1S/C17H19N5O4S/c23-16(22-11-17(12-22)6-2-9-26-17)20-13-4-1-5-14(10-13)27(24,25)21-15-18-7-3-8-19-15/h1,3-5,7-8,10H,2,6,9,11-12H2,(H,20,23)(H,18,19,21). The molecule has 4 rings (SSSR count). The molecule has 1 spiro atoms. The van der Waals surface area contributed by atoms with Crippen molar-refractivity contribution in [1.82, 2.24) is 14.9 Å². The van der Waals surface area contributed by atoms with Gasteiger partial charge >= 0.3 is 6.03 Å². The van der Waals surface area contributed by atoms with Gasteiger partial charge in [-0.05, 0) is 37.1 Å². The topological polar surface area (TPSA) is 114 Å². The number of nitrogens with zero attached hydrogens (tertiary/aromatic N) is 3. The molecular formula is C17H19N5O4S. The third kappa shape index (κ3) is 3.71. The van der Waals surface area contributed by atoms with E-state index < -0.39 is 10.0 Å². The van der Waals surface area contributed by atoms with E-state index in [1.165, 1.54) is 24.5 Å². The lowest BCUT2D eigenvalue weighted by Crippen LogP contribution is -2.63. The maximum atomic E-state index is 12.5. The van der Waals surface area contributed by atoms with Gasteiger partial charge in [0.1, 0.15) is 5.60 Å². The number of sulfonamides is 1. The van der Waals surface area contributed by atoms with Crippen LogP contribution in [0.15, 0.2) is 47.6 Å². The lowest BCUT2D eigenvalue weighted by molar-refractivity contribution is -0.0893. The third-order valence-corrected chi connectivity index (χ3v) is 5.94. The van der Waals surface area contributed by atoms with Crippen LogP contribution in [0.25, 0.3) is 0 Å². The SMILES string of the molecule is O=C(Nc1cccc(S(=O)(=O)Nc2ncccn2)c1)N1CC2(CCCO2)C1. The molecule has 27 heavy (non-hydrogen) atoms. The number of nitrogens with one attached hydrogen (secondary N) is 2. The molecule has 0 unspecified atom stereocenters. The Bertz CT molecular complexity index is 937. The van der Waals surface area contributed by atoms with E-state index >= 15 is 0 Å². The Labute approximate surface area is 156 Å². The lowest BCUT2D eigenvalue weighted by Gasteiger charge is -2.46. The van der Waals surface area contributed by atoms with Crippen LogP contribution in [0, 0.1) is 0 Å². The Hall–Kier alpha value is -2.72. The van der Waals surface area contributed by atoms with Crippen LogP contribution < -0.4 is 10.0 Å².